The lowest BCUT2D eigenvalue weighted by Crippen LogP contribution is -2.43. The fourth-order valence-corrected chi connectivity index (χ4v) is 3.19. The molecule has 1 amide bonds. The molecule has 16 heavy (non-hydrogen) atoms. The third-order valence-electron chi connectivity index (χ3n) is 2.97. The van der Waals surface area contributed by atoms with Crippen molar-refractivity contribution in [2.75, 3.05) is 13.1 Å². The molecule has 1 aliphatic rings. The molecular formula is C11H13Cl2NOS. The molecule has 2 atom stereocenters. The maximum atomic E-state index is 12.1. The summed E-state index contributed by atoms with van der Waals surface area (Å²) in [5, 5.41) is 2.43. The molecule has 0 bridgehead atoms. The first-order valence-corrected chi connectivity index (χ1v) is 6.95. The number of piperidine rings is 1. The standard InChI is InChI=1S/C11H13Cl2NOS/c1-7-2-4-14(6-9(7)13)11(15)10-8(12)3-5-16-10/h3,5,7,9H,2,4,6H2,1H3. The van der Waals surface area contributed by atoms with Crippen molar-refractivity contribution in [3.8, 4) is 0 Å². The van der Waals surface area contributed by atoms with Gasteiger partial charge in [0.1, 0.15) is 4.88 Å². The van der Waals surface area contributed by atoms with E-state index in [1.165, 1.54) is 11.3 Å². The van der Waals surface area contributed by atoms with Gasteiger partial charge in [0.2, 0.25) is 0 Å². The van der Waals surface area contributed by atoms with Crippen molar-refractivity contribution in [2.45, 2.75) is 18.7 Å². The van der Waals surface area contributed by atoms with E-state index in [0.29, 0.717) is 22.4 Å². The Bertz CT molecular complexity index is 393. The van der Waals surface area contributed by atoms with Gasteiger partial charge in [-0.05, 0) is 23.8 Å². The van der Waals surface area contributed by atoms with Gasteiger partial charge >= 0.3 is 0 Å². The number of amides is 1. The monoisotopic (exact) mass is 277 g/mol. The molecule has 0 N–H and O–H groups in total. The average molecular weight is 278 g/mol. The first-order valence-electron chi connectivity index (χ1n) is 5.26. The third kappa shape index (κ3) is 2.36. The summed E-state index contributed by atoms with van der Waals surface area (Å²) in [5.41, 5.74) is 0. The summed E-state index contributed by atoms with van der Waals surface area (Å²) in [6.45, 7) is 3.52. The van der Waals surface area contributed by atoms with Crippen LogP contribution in [0.4, 0.5) is 0 Å². The predicted molar refractivity (Wildman–Crippen MR) is 68.7 cm³/mol. The van der Waals surface area contributed by atoms with Gasteiger partial charge in [-0.3, -0.25) is 4.79 Å². The summed E-state index contributed by atoms with van der Waals surface area (Å²) in [6, 6.07) is 1.75. The van der Waals surface area contributed by atoms with Gasteiger partial charge < -0.3 is 4.90 Å². The van der Waals surface area contributed by atoms with Crippen molar-refractivity contribution in [3.63, 3.8) is 0 Å². The number of thiophene rings is 1. The molecule has 0 radical (unpaired) electrons. The molecule has 2 heterocycles. The second kappa shape index (κ2) is 4.94. The number of alkyl halides is 1. The number of hydrogen-bond acceptors (Lipinski definition) is 2. The van der Waals surface area contributed by atoms with Crippen LogP contribution >= 0.6 is 34.5 Å². The van der Waals surface area contributed by atoms with Crippen LogP contribution in [0.25, 0.3) is 0 Å². The number of carbonyl (C=O) groups excluding carboxylic acids is 1. The van der Waals surface area contributed by atoms with E-state index in [-0.39, 0.29) is 11.3 Å². The number of rotatable bonds is 1. The van der Waals surface area contributed by atoms with Gasteiger partial charge in [0, 0.05) is 13.1 Å². The van der Waals surface area contributed by atoms with Crippen LogP contribution in [0.5, 0.6) is 0 Å². The summed E-state index contributed by atoms with van der Waals surface area (Å²) >= 11 is 13.5. The van der Waals surface area contributed by atoms with Crippen LogP contribution in [-0.4, -0.2) is 29.3 Å². The van der Waals surface area contributed by atoms with Crippen LogP contribution in [0.1, 0.15) is 23.0 Å². The van der Waals surface area contributed by atoms with Crippen molar-refractivity contribution in [3.05, 3.63) is 21.3 Å². The van der Waals surface area contributed by atoms with Gasteiger partial charge in [0.15, 0.2) is 0 Å². The molecule has 1 aliphatic heterocycles. The van der Waals surface area contributed by atoms with Gasteiger partial charge in [-0.15, -0.1) is 22.9 Å². The topological polar surface area (TPSA) is 20.3 Å². The first-order chi connectivity index (χ1) is 7.59. The lowest BCUT2D eigenvalue weighted by molar-refractivity contribution is 0.0706. The Kier molecular flexibility index (Phi) is 3.77. The van der Waals surface area contributed by atoms with E-state index in [2.05, 4.69) is 6.92 Å². The molecule has 0 aromatic carbocycles. The molecule has 2 nitrogen and oxygen atoms in total. The smallest absolute Gasteiger partial charge is 0.265 e. The van der Waals surface area contributed by atoms with Gasteiger partial charge in [-0.1, -0.05) is 18.5 Å². The van der Waals surface area contributed by atoms with Crippen molar-refractivity contribution in [2.24, 2.45) is 5.92 Å². The maximum Gasteiger partial charge on any atom is 0.265 e. The summed E-state index contributed by atoms with van der Waals surface area (Å²) in [5.74, 6) is 0.488. The molecule has 2 unspecified atom stereocenters. The van der Waals surface area contributed by atoms with Gasteiger partial charge in [-0.2, -0.15) is 0 Å². The van der Waals surface area contributed by atoms with E-state index in [1.807, 2.05) is 5.38 Å². The molecule has 5 heteroatoms. The van der Waals surface area contributed by atoms with E-state index in [1.54, 1.807) is 11.0 Å². The Morgan fingerprint density at radius 2 is 2.38 bits per heavy atom. The summed E-state index contributed by atoms with van der Waals surface area (Å²) in [7, 11) is 0. The summed E-state index contributed by atoms with van der Waals surface area (Å²) in [6.07, 6.45) is 0.961. The second-order valence-electron chi connectivity index (χ2n) is 4.13. The molecule has 0 aliphatic carbocycles. The van der Waals surface area contributed by atoms with Crippen LogP contribution in [0.3, 0.4) is 0 Å². The highest BCUT2D eigenvalue weighted by Crippen LogP contribution is 2.27. The lowest BCUT2D eigenvalue weighted by Gasteiger charge is -2.33. The van der Waals surface area contributed by atoms with Crippen molar-refractivity contribution in [1.82, 2.24) is 4.90 Å². The SMILES string of the molecule is CC1CCN(C(=O)c2sccc2Cl)CC1Cl. The second-order valence-corrected chi connectivity index (χ2v) is 6.01. The molecule has 1 aromatic rings. The van der Waals surface area contributed by atoms with Crippen LogP contribution in [0.15, 0.2) is 11.4 Å². The van der Waals surface area contributed by atoms with Crippen molar-refractivity contribution < 1.29 is 4.79 Å². The molecule has 1 saturated heterocycles. The van der Waals surface area contributed by atoms with Crippen LogP contribution in [0.2, 0.25) is 5.02 Å². The Labute approximate surface area is 109 Å². The molecule has 88 valence electrons. The van der Waals surface area contributed by atoms with E-state index in [9.17, 15) is 4.79 Å². The number of likely N-dealkylation sites (tertiary alicyclic amines) is 1. The molecule has 1 aromatic heterocycles. The minimum absolute atomic E-state index is 0.0116. The van der Waals surface area contributed by atoms with E-state index in [0.717, 1.165) is 13.0 Å². The summed E-state index contributed by atoms with van der Waals surface area (Å²) in [4.78, 5) is 14.6. The molecular weight excluding hydrogens is 265 g/mol. The van der Waals surface area contributed by atoms with E-state index in [4.69, 9.17) is 23.2 Å². The number of halogens is 2. The van der Waals surface area contributed by atoms with Crippen LogP contribution in [-0.2, 0) is 0 Å². The minimum Gasteiger partial charge on any atom is -0.336 e. The quantitative estimate of drug-likeness (QED) is 0.720. The van der Waals surface area contributed by atoms with Crippen LogP contribution in [0, 0.1) is 5.92 Å². The minimum atomic E-state index is 0.0116. The zero-order valence-electron chi connectivity index (χ0n) is 8.95. The van der Waals surface area contributed by atoms with Crippen LogP contribution < -0.4 is 0 Å². The first kappa shape index (κ1) is 12.2. The largest absolute Gasteiger partial charge is 0.336 e. The molecule has 2 rings (SSSR count). The Balaban J connectivity index is 2.09. The zero-order valence-corrected chi connectivity index (χ0v) is 11.3. The number of hydrogen-bond donors (Lipinski definition) is 0. The average Bonchev–Trinajstić information content (AvgIpc) is 2.67. The fraction of sp³-hybridized carbons (Fsp3) is 0.545. The highest BCUT2D eigenvalue weighted by molar-refractivity contribution is 7.12. The molecule has 1 fully saturated rings. The van der Waals surface area contributed by atoms with E-state index >= 15 is 0 Å². The highest BCUT2D eigenvalue weighted by Gasteiger charge is 2.29. The van der Waals surface area contributed by atoms with Crippen molar-refractivity contribution >= 4 is 40.4 Å². The Morgan fingerprint density at radius 1 is 1.62 bits per heavy atom. The predicted octanol–water partition coefficient (Wildman–Crippen LogP) is 3.49. The third-order valence-corrected chi connectivity index (χ3v) is 4.86. The van der Waals surface area contributed by atoms with E-state index < -0.39 is 0 Å². The summed E-state index contributed by atoms with van der Waals surface area (Å²) < 4.78 is 0. The van der Waals surface area contributed by atoms with Gasteiger partial charge in [0.05, 0.1) is 10.4 Å². The molecule has 0 spiro atoms. The van der Waals surface area contributed by atoms with Gasteiger partial charge in [0.25, 0.3) is 5.91 Å². The Hall–Kier alpha value is -0.250. The maximum absolute atomic E-state index is 12.1. The number of carbonyl (C=O) groups is 1. The lowest BCUT2D eigenvalue weighted by atomic mass is 9.98. The van der Waals surface area contributed by atoms with Gasteiger partial charge in [-0.25, -0.2) is 0 Å². The highest BCUT2D eigenvalue weighted by atomic mass is 35.5. The fourth-order valence-electron chi connectivity index (χ4n) is 1.80. The normalized spacial score (nSPS) is 25.8. The number of nitrogens with zero attached hydrogens (tertiary/aromatic N) is 1. The zero-order chi connectivity index (χ0) is 11.7. The Morgan fingerprint density at radius 3 is 2.94 bits per heavy atom. The molecule has 0 saturated carbocycles. The van der Waals surface area contributed by atoms with Crippen molar-refractivity contribution in [1.29, 1.82) is 0 Å².